The molecule has 0 atom stereocenters. The lowest BCUT2D eigenvalue weighted by atomic mass is 10.1. The van der Waals surface area contributed by atoms with Gasteiger partial charge in [-0.15, -0.1) is 0 Å². The van der Waals surface area contributed by atoms with Gasteiger partial charge >= 0.3 is 0 Å². The summed E-state index contributed by atoms with van der Waals surface area (Å²) in [6.07, 6.45) is 0. The first-order valence-electron chi connectivity index (χ1n) is 4.33. The normalized spacial score (nSPS) is 10.6. The zero-order chi connectivity index (χ0) is 11.0. The average Bonchev–Trinajstić information content (AvgIpc) is 2.45. The fourth-order valence-electron chi connectivity index (χ4n) is 1.44. The predicted octanol–water partition coefficient (Wildman–Crippen LogP) is 1.95. The van der Waals surface area contributed by atoms with Crippen molar-refractivity contribution in [1.29, 1.82) is 0 Å². The molecule has 0 aliphatic heterocycles. The minimum atomic E-state index is -0.627. The summed E-state index contributed by atoms with van der Waals surface area (Å²) in [6.45, 7) is 0. The summed E-state index contributed by atoms with van der Waals surface area (Å²) in [4.78, 5) is 0. The molecule has 0 aliphatic rings. The van der Waals surface area contributed by atoms with Crippen molar-refractivity contribution in [2.75, 3.05) is 5.73 Å². The third kappa shape index (κ3) is 1.68. The van der Waals surface area contributed by atoms with Crippen LogP contribution < -0.4 is 5.73 Å². The molecule has 0 bridgehead atoms. The molecule has 0 spiro atoms. The maximum atomic E-state index is 13.4. The van der Waals surface area contributed by atoms with E-state index in [1.165, 1.54) is 22.9 Å². The molecule has 0 aliphatic carbocycles. The molecule has 1 aromatic heterocycles. The molecular weight excluding hydrogens is 200 g/mol. The highest BCUT2D eigenvalue weighted by molar-refractivity contribution is 5.63. The van der Waals surface area contributed by atoms with E-state index in [1.54, 1.807) is 7.05 Å². The summed E-state index contributed by atoms with van der Waals surface area (Å²) in [6, 6.07) is 4.93. The first kappa shape index (κ1) is 9.64. The fourth-order valence-corrected chi connectivity index (χ4v) is 1.44. The van der Waals surface area contributed by atoms with Gasteiger partial charge in [0.2, 0.25) is 0 Å². The SMILES string of the molecule is Cn1nc(N)cc1-c1ccc(F)cc1F. The largest absolute Gasteiger partial charge is 0.382 e. The third-order valence-corrected chi connectivity index (χ3v) is 2.11. The quantitative estimate of drug-likeness (QED) is 0.780. The van der Waals surface area contributed by atoms with E-state index in [0.717, 1.165) is 6.07 Å². The van der Waals surface area contributed by atoms with Crippen LogP contribution in [0.4, 0.5) is 14.6 Å². The highest BCUT2D eigenvalue weighted by Gasteiger charge is 2.10. The van der Waals surface area contributed by atoms with Crippen molar-refractivity contribution in [1.82, 2.24) is 9.78 Å². The van der Waals surface area contributed by atoms with Gasteiger partial charge in [-0.3, -0.25) is 4.68 Å². The van der Waals surface area contributed by atoms with Gasteiger partial charge in [0.15, 0.2) is 0 Å². The van der Waals surface area contributed by atoms with E-state index >= 15 is 0 Å². The minimum Gasteiger partial charge on any atom is -0.382 e. The molecule has 0 radical (unpaired) electrons. The molecule has 0 saturated heterocycles. The topological polar surface area (TPSA) is 43.8 Å². The average molecular weight is 209 g/mol. The zero-order valence-electron chi connectivity index (χ0n) is 8.04. The highest BCUT2D eigenvalue weighted by Crippen LogP contribution is 2.24. The maximum Gasteiger partial charge on any atom is 0.146 e. The summed E-state index contributed by atoms with van der Waals surface area (Å²) >= 11 is 0. The van der Waals surface area contributed by atoms with Gasteiger partial charge in [0.05, 0.1) is 5.69 Å². The predicted molar refractivity (Wildman–Crippen MR) is 53.0 cm³/mol. The monoisotopic (exact) mass is 209 g/mol. The minimum absolute atomic E-state index is 0.281. The van der Waals surface area contributed by atoms with Gasteiger partial charge in [0.1, 0.15) is 17.5 Å². The van der Waals surface area contributed by atoms with Crippen molar-refractivity contribution < 1.29 is 8.78 Å². The molecule has 78 valence electrons. The lowest BCUT2D eigenvalue weighted by Gasteiger charge is -2.02. The van der Waals surface area contributed by atoms with Gasteiger partial charge in [-0.1, -0.05) is 0 Å². The Hall–Kier alpha value is -1.91. The van der Waals surface area contributed by atoms with E-state index in [-0.39, 0.29) is 5.56 Å². The smallest absolute Gasteiger partial charge is 0.146 e. The van der Waals surface area contributed by atoms with Crippen molar-refractivity contribution in [2.24, 2.45) is 7.05 Å². The second kappa shape index (κ2) is 3.34. The van der Waals surface area contributed by atoms with Crippen LogP contribution in [0.3, 0.4) is 0 Å². The summed E-state index contributed by atoms with van der Waals surface area (Å²) in [5.41, 5.74) is 6.27. The molecule has 5 heteroatoms. The van der Waals surface area contributed by atoms with E-state index in [1.807, 2.05) is 0 Å². The molecule has 0 unspecified atom stereocenters. The van der Waals surface area contributed by atoms with E-state index in [2.05, 4.69) is 5.10 Å². The second-order valence-corrected chi connectivity index (χ2v) is 3.20. The van der Waals surface area contributed by atoms with Crippen molar-refractivity contribution in [3.05, 3.63) is 35.9 Å². The van der Waals surface area contributed by atoms with Crippen molar-refractivity contribution in [3.63, 3.8) is 0 Å². The number of nitrogens with zero attached hydrogens (tertiary/aromatic N) is 2. The number of anilines is 1. The van der Waals surface area contributed by atoms with E-state index in [4.69, 9.17) is 5.73 Å². The Bertz CT molecular complexity index is 505. The zero-order valence-corrected chi connectivity index (χ0v) is 8.04. The van der Waals surface area contributed by atoms with Gasteiger partial charge in [-0.25, -0.2) is 8.78 Å². The molecule has 1 aromatic carbocycles. The van der Waals surface area contributed by atoms with Crippen molar-refractivity contribution >= 4 is 5.82 Å². The van der Waals surface area contributed by atoms with Crippen LogP contribution in [0.25, 0.3) is 11.3 Å². The van der Waals surface area contributed by atoms with E-state index < -0.39 is 11.6 Å². The molecule has 2 rings (SSSR count). The number of nitrogen functional groups attached to an aromatic ring is 1. The lowest BCUT2D eigenvalue weighted by molar-refractivity contribution is 0.584. The highest BCUT2D eigenvalue weighted by atomic mass is 19.1. The molecule has 2 aromatic rings. The van der Waals surface area contributed by atoms with Crippen LogP contribution in [0, 0.1) is 11.6 Å². The number of halogens is 2. The van der Waals surface area contributed by atoms with Crippen molar-refractivity contribution in [3.8, 4) is 11.3 Å². The summed E-state index contributed by atoms with van der Waals surface area (Å²) in [7, 11) is 1.65. The third-order valence-electron chi connectivity index (χ3n) is 2.11. The lowest BCUT2D eigenvalue weighted by Crippen LogP contribution is -1.96. The van der Waals surface area contributed by atoms with Crippen LogP contribution in [-0.2, 0) is 7.05 Å². The Morgan fingerprint density at radius 3 is 2.53 bits per heavy atom. The number of aromatic nitrogens is 2. The summed E-state index contributed by atoms with van der Waals surface area (Å²) in [5.74, 6) is -0.930. The number of benzene rings is 1. The van der Waals surface area contributed by atoms with Crippen LogP contribution in [-0.4, -0.2) is 9.78 Å². The second-order valence-electron chi connectivity index (χ2n) is 3.20. The number of hydrogen-bond donors (Lipinski definition) is 1. The van der Waals surface area contributed by atoms with Crippen LogP contribution in [0.15, 0.2) is 24.3 Å². The standard InChI is InChI=1S/C10H9F2N3/c1-15-9(5-10(13)14-15)7-3-2-6(11)4-8(7)12/h2-5H,1H3,(H2,13,14). The van der Waals surface area contributed by atoms with Crippen LogP contribution in [0.1, 0.15) is 0 Å². The molecule has 2 N–H and O–H groups in total. The Kier molecular flexibility index (Phi) is 2.15. The Morgan fingerprint density at radius 1 is 1.27 bits per heavy atom. The molecule has 0 amide bonds. The van der Waals surface area contributed by atoms with Gasteiger partial charge in [-0.2, -0.15) is 5.10 Å². The molecule has 0 saturated carbocycles. The van der Waals surface area contributed by atoms with E-state index in [9.17, 15) is 8.78 Å². The molecule has 15 heavy (non-hydrogen) atoms. The number of rotatable bonds is 1. The first-order valence-corrected chi connectivity index (χ1v) is 4.33. The number of hydrogen-bond acceptors (Lipinski definition) is 2. The molecule has 0 fully saturated rings. The molecular formula is C10H9F2N3. The fraction of sp³-hybridized carbons (Fsp3) is 0.100. The summed E-state index contributed by atoms with van der Waals surface area (Å²) < 4.78 is 27.5. The summed E-state index contributed by atoms with van der Waals surface area (Å²) in [5, 5.41) is 3.89. The maximum absolute atomic E-state index is 13.4. The first-order chi connectivity index (χ1) is 7.08. The van der Waals surface area contributed by atoms with Gasteiger partial charge in [0, 0.05) is 24.7 Å². The van der Waals surface area contributed by atoms with E-state index in [0.29, 0.717) is 11.5 Å². The number of nitrogens with two attached hydrogens (primary N) is 1. The molecule has 1 heterocycles. The Labute approximate surface area is 85.1 Å². The Balaban J connectivity index is 2.59. The van der Waals surface area contributed by atoms with Gasteiger partial charge in [-0.05, 0) is 12.1 Å². The van der Waals surface area contributed by atoms with Crippen LogP contribution in [0.5, 0.6) is 0 Å². The molecule has 3 nitrogen and oxygen atoms in total. The van der Waals surface area contributed by atoms with Crippen molar-refractivity contribution in [2.45, 2.75) is 0 Å². The van der Waals surface area contributed by atoms with Gasteiger partial charge in [0.25, 0.3) is 0 Å². The van der Waals surface area contributed by atoms with Gasteiger partial charge < -0.3 is 5.73 Å². The number of aryl methyl sites for hydroxylation is 1. The Morgan fingerprint density at radius 2 is 2.00 bits per heavy atom. The van der Waals surface area contributed by atoms with Crippen LogP contribution >= 0.6 is 0 Å². The van der Waals surface area contributed by atoms with Crippen LogP contribution in [0.2, 0.25) is 0 Å².